The number of hydrogen-bond acceptors (Lipinski definition) is 5. The van der Waals surface area contributed by atoms with Crippen LogP contribution in [0.1, 0.15) is 20.7 Å². The lowest BCUT2D eigenvalue weighted by Gasteiger charge is -2.05. The van der Waals surface area contributed by atoms with Crippen molar-refractivity contribution in [2.45, 2.75) is 4.34 Å². The number of carbonyl (C=O) groups is 2. The van der Waals surface area contributed by atoms with Crippen LogP contribution in [0.25, 0.3) is 10.2 Å². The number of rotatable bonds is 6. The number of carbonyl (C=O) groups excluding carboxylic acids is 2. The summed E-state index contributed by atoms with van der Waals surface area (Å²) in [5.41, 5.74) is 1.68. The number of benzene rings is 3. The summed E-state index contributed by atoms with van der Waals surface area (Å²) in [6.45, 7) is 0. The van der Waals surface area contributed by atoms with E-state index in [1.807, 2.05) is 0 Å². The molecule has 0 radical (unpaired) electrons. The van der Waals surface area contributed by atoms with E-state index < -0.39 is 11.7 Å². The molecule has 1 heterocycles. The number of thioether (sulfide) groups is 1. The van der Waals surface area contributed by atoms with E-state index in [-0.39, 0.29) is 22.9 Å². The Labute approximate surface area is 179 Å². The molecule has 0 fully saturated rings. The molecule has 1 aromatic heterocycles. The number of nitrogens with zero attached hydrogens (tertiary/aromatic N) is 1. The average Bonchev–Trinajstić information content (AvgIpc) is 3.15. The van der Waals surface area contributed by atoms with Gasteiger partial charge in [0.05, 0.1) is 21.5 Å². The molecule has 0 saturated heterocycles. The van der Waals surface area contributed by atoms with Gasteiger partial charge in [-0.3, -0.25) is 9.59 Å². The fraction of sp³-hybridized carbons (Fsp3) is 0.0455. The lowest BCUT2D eigenvalue weighted by Crippen LogP contribution is -2.13. The molecule has 4 aromatic rings. The number of hydrogen-bond donors (Lipinski definition) is 1. The Hall–Kier alpha value is -3.10. The van der Waals surface area contributed by atoms with Crippen LogP contribution in [0.4, 0.5) is 14.5 Å². The van der Waals surface area contributed by atoms with Crippen molar-refractivity contribution in [3.05, 3.63) is 89.5 Å². The van der Waals surface area contributed by atoms with Gasteiger partial charge in [0.25, 0.3) is 5.91 Å². The predicted octanol–water partition coefficient (Wildman–Crippen LogP) is 5.80. The molecule has 0 aliphatic carbocycles. The number of anilines is 1. The van der Waals surface area contributed by atoms with Crippen molar-refractivity contribution in [1.82, 2.24) is 4.98 Å². The Bertz CT molecular complexity index is 1240. The van der Waals surface area contributed by atoms with Crippen LogP contribution in [0.15, 0.2) is 71.1 Å². The van der Waals surface area contributed by atoms with Crippen LogP contribution in [-0.4, -0.2) is 22.4 Å². The highest BCUT2D eigenvalue weighted by Gasteiger charge is 2.13. The summed E-state index contributed by atoms with van der Waals surface area (Å²) in [7, 11) is 0. The zero-order chi connectivity index (χ0) is 21.1. The summed E-state index contributed by atoms with van der Waals surface area (Å²) in [4.78, 5) is 29.0. The molecule has 3 aromatic carbocycles. The molecular weight excluding hydrogens is 426 g/mol. The van der Waals surface area contributed by atoms with Crippen LogP contribution < -0.4 is 5.32 Å². The van der Waals surface area contributed by atoms with Crippen molar-refractivity contribution in [2.24, 2.45) is 0 Å². The highest BCUT2D eigenvalue weighted by Crippen LogP contribution is 2.31. The Balaban J connectivity index is 1.44. The van der Waals surface area contributed by atoms with Crippen LogP contribution in [0.5, 0.6) is 0 Å². The minimum Gasteiger partial charge on any atom is -0.322 e. The Morgan fingerprint density at radius 2 is 1.77 bits per heavy atom. The van der Waals surface area contributed by atoms with Gasteiger partial charge in [0.1, 0.15) is 11.6 Å². The van der Waals surface area contributed by atoms with Crippen molar-refractivity contribution in [3.63, 3.8) is 0 Å². The van der Waals surface area contributed by atoms with Gasteiger partial charge in [-0.2, -0.15) is 0 Å². The normalized spacial score (nSPS) is 10.9. The van der Waals surface area contributed by atoms with Crippen LogP contribution in [0, 0.1) is 11.6 Å². The lowest BCUT2D eigenvalue weighted by molar-refractivity contribution is 0.101. The molecule has 1 N–H and O–H groups in total. The highest BCUT2D eigenvalue weighted by molar-refractivity contribution is 8.01. The van der Waals surface area contributed by atoms with Gasteiger partial charge < -0.3 is 5.32 Å². The summed E-state index contributed by atoms with van der Waals surface area (Å²) in [6, 6.07) is 16.4. The second kappa shape index (κ2) is 8.73. The first-order valence-electron chi connectivity index (χ1n) is 8.87. The summed E-state index contributed by atoms with van der Waals surface area (Å²) in [5.74, 6) is -1.43. The molecule has 0 unspecified atom stereocenters. The fourth-order valence-corrected chi connectivity index (χ4v) is 4.74. The molecule has 0 aliphatic heterocycles. The van der Waals surface area contributed by atoms with E-state index in [1.165, 1.54) is 65.6 Å². The third kappa shape index (κ3) is 4.55. The van der Waals surface area contributed by atoms with Gasteiger partial charge in [0, 0.05) is 11.3 Å². The number of Topliss-reactive ketones (excluding diaryl/α,β-unsaturated/α-hetero) is 1. The van der Waals surface area contributed by atoms with Gasteiger partial charge in [0.15, 0.2) is 10.1 Å². The van der Waals surface area contributed by atoms with Gasteiger partial charge >= 0.3 is 0 Å². The molecule has 0 aliphatic rings. The molecule has 0 spiro atoms. The third-order valence-electron chi connectivity index (χ3n) is 4.24. The van der Waals surface area contributed by atoms with Gasteiger partial charge in [-0.15, -0.1) is 11.3 Å². The van der Waals surface area contributed by atoms with Crippen LogP contribution in [0.3, 0.4) is 0 Å². The van der Waals surface area contributed by atoms with Gasteiger partial charge in [-0.1, -0.05) is 23.9 Å². The Morgan fingerprint density at radius 1 is 1.00 bits per heavy atom. The first-order chi connectivity index (χ1) is 14.5. The van der Waals surface area contributed by atoms with Gasteiger partial charge in [-0.05, 0) is 54.6 Å². The van der Waals surface area contributed by atoms with E-state index in [1.54, 1.807) is 24.3 Å². The minimum absolute atomic E-state index is 0.0301. The SMILES string of the molecule is O=C(CSc1nc2ccc(NC(=O)c3ccccc3F)cc2s1)c1ccc(F)cc1. The third-order valence-corrected chi connectivity index (χ3v) is 6.40. The lowest BCUT2D eigenvalue weighted by atomic mass is 10.1. The zero-order valence-electron chi connectivity index (χ0n) is 15.4. The number of aromatic nitrogens is 1. The van der Waals surface area contributed by atoms with Crippen molar-refractivity contribution < 1.29 is 18.4 Å². The van der Waals surface area contributed by atoms with E-state index in [4.69, 9.17) is 0 Å². The second-order valence-corrected chi connectivity index (χ2v) is 8.57. The van der Waals surface area contributed by atoms with E-state index in [2.05, 4.69) is 10.3 Å². The number of ketones is 1. The molecule has 8 heteroatoms. The van der Waals surface area contributed by atoms with Crippen LogP contribution >= 0.6 is 23.1 Å². The van der Waals surface area contributed by atoms with Gasteiger partial charge in [0.2, 0.25) is 0 Å². The van der Waals surface area contributed by atoms with E-state index in [0.717, 1.165) is 10.2 Å². The second-order valence-electron chi connectivity index (χ2n) is 6.31. The monoisotopic (exact) mass is 440 g/mol. The quantitative estimate of drug-likeness (QED) is 0.304. The molecule has 150 valence electrons. The molecule has 30 heavy (non-hydrogen) atoms. The molecule has 0 bridgehead atoms. The molecule has 0 atom stereocenters. The van der Waals surface area contributed by atoms with Gasteiger partial charge in [-0.25, -0.2) is 13.8 Å². The van der Waals surface area contributed by atoms with Crippen LogP contribution in [-0.2, 0) is 0 Å². The molecule has 1 amide bonds. The number of amides is 1. The maximum Gasteiger partial charge on any atom is 0.258 e. The van der Waals surface area contributed by atoms with Crippen molar-refractivity contribution in [3.8, 4) is 0 Å². The Kier molecular flexibility index (Phi) is 5.87. The zero-order valence-corrected chi connectivity index (χ0v) is 17.0. The van der Waals surface area contributed by atoms with Crippen molar-refractivity contribution in [2.75, 3.05) is 11.1 Å². The standard InChI is InChI=1S/C22H14F2N2O2S2/c23-14-7-5-13(6-8-14)19(27)12-29-22-26-18-10-9-15(11-20(18)30-22)25-21(28)16-3-1-2-4-17(16)24/h1-11H,12H2,(H,25,28). The van der Waals surface area contributed by atoms with Crippen molar-refractivity contribution in [1.29, 1.82) is 0 Å². The topological polar surface area (TPSA) is 59.1 Å². The average molecular weight is 440 g/mol. The summed E-state index contributed by atoms with van der Waals surface area (Å²) in [6.07, 6.45) is 0. The first kappa shape index (κ1) is 20.2. The number of nitrogens with one attached hydrogen (secondary N) is 1. The van der Waals surface area contributed by atoms with Crippen molar-refractivity contribution >= 4 is 50.7 Å². The number of fused-ring (bicyclic) bond motifs is 1. The van der Waals surface area contributed by atoms with E-state index in [9.17, 15) is 18.4 Å². The fourth-order valence-electron chi connectivity index (χ4n) is 2.73. The maximum atomic E-state index is 13.8. The van der Waals surface area contributed by atoms with E-state index in [0.29, 0.717) is 15.6 Å². The minimum atomic E-state index is -0.585. The predicted molar refractivity (Wildman–Crippen MR) is 115 cm³/mol. The smallest absolute Gasteiger partial charge is 0.258 e. The Morgan fingerprint density at radius 3 is 2.53 bits per heavy atom. The summed E-state index contributed by atoms with van der Waals surface area (Å²) < 4.78 is 28.3. The number of thiazole rings is 1. The van der Waals surface area contributed by atoms with Crippen LogP contribution in [0.2, 0.25) is 0 Å². The van der Waals surface area contributed by atoms with E-state index >= 15 is 0 Å². The number of halogens is 2. The molecule has 4 rings (SSSR count). The largest absolute Gasteiger partial charge is 0.322 e. The highest BCUT2D eigenvalue weighted by atomic mass is 32.2. The maximum absolute atomic E-state index is 13.8. The molecular formula is C22H14F2N2O2S2. The molecule has 0 saturated carbocycles. The summed E-state index contributed by atoms with van der Waals surface area (Å²) >= 11 is 2.69. The first-order valence-corrected chi connectivity index (χ1v) is 10.7. The molecule has 4 nitrogen and oxygen atoms in total. The summed E-state index contributed by atoms with van der Waals surface area (Å²) in [5, 5.41) is 2.69.